The molecule has 0 fully saturated rings. The zero-order valence-corrected chi connectivity index (χ0v) is 16.4. The summed E-state index contributed by atoms with van der Waals surface area (Å²) in [5, 5.41) is 14.6. The maximum atomic E-state index is 13.1. The van der Waals surface area contributed by atoms with Gasteiger partial charge >= 0.3 is 0 Å². The number of nitro benzene ring substituents is 1. The predicted octanol–water partition coefficient (Wildman–Crippen LogP) is 5.80. The Hall–Kier alpha value is -3.47. The highest BCUT2D eigenvalue weighted by Gasteiger charge is 2.22. The summed E-state index contributed by atoms with van der Waals surface area (Å²) in [5.41, 5.74) is 6.13. The number of anilines is 2. The Morgan fingerprint density at radius 1 is 0.821 bits per heavy atom. The van der Waals surface area contributed by atoms with Gasteiger partial charge < -0.3 is 5.32 Å². The number of nitro groups is 1. The fraction of sp³-hybridized carbons (Fsp3) is 0.174. The molecule has 0 aliphatic heterocycles. The lowest BCUT2D eigenvalue weighted by molar-refractivity contribution is -0.383. The van der Waals surface area contributed by atoms with E-state index in [4.69, 9.17) is 0 Å². The van der Waals surface area contributed by atoms with E-state index >= 15 is 0 Å². The van der Waals surface area contributed by atoms with E-state index in [9.17, 15) is 14.9 Å². The molecule has 5 nitrogen and oxygen atoms in total. The molecule has 0 atom stereocenters. The first kappa shape index (κ1) is 19.3. The maximum absolute atomic E-state index is 13.1. The van der Waals surface area contributed by atoms with Crippen molar-refractivity contribution < 1.29 is 9.72 Å². The molecule has 0 bridgehead atoms. The Morgan fingerprint density at radius 2 is 1.36 bits per heavy atom. The first-order valence-corrected chi connectivity index (χ1v) is 9.03. The molecule has 0 saturated carbocycles. The lowest BCUT2D eigenvalue weighted by Gasteiger charge is -2.21. The molecule has 1 N–H and O–H groups in total. The number of nitrogens with one attached hydrogen (secondary N) is 1. The van der Waals surface area contributed by atoms with Gasteiger partial charge in [-0.25, -0.2) is 0 Å². The van der Waals surface area contributed by atoms with Gasteiger partial charge in [0.15, 0.2) is 5.78 Å². The van der Waals surface area contributed by atoms with Gasteiger partial charge in [-0.1, -0.05) is 42.5 Å². The average Bonchev–Trinajstić information content (AvgIpc) is 2.70. The van der Waals surface area contributed by atoms with E-state index in [0.717, 1.165) is 27.9 Å². The topological polar surface area (TPSA) is 72.2 Å². The van der Waals surface area contributed by atoms with Gasteiger partial charge in [-0.3, -0.25) is 14.9 Å². The van der Waals surface area contributed by atoms with Crippen molar-refractivity contribution in [2.45, 2.75) is 27.7 Å². The number of benzene rings is 3. The van der Waals surface area contributed by atoms with E-state index in [1.54, 1.807) is 18.2 Å². The van der Waals surface area contributed by atoms with E-state index in [0.29, 0.717) is 16.8 Å². The summed E-state index contributed by atoms with van der Waals surface area (Å²) < 4.78 is 0. The summed E-state index contributed by atoms with van der Waals surface area (Å²) in [5.74, 6) is -0.0148. The molecule has 0 aromatic heterocycles. The van der Waals surface area contributed by atoms with E-state index in [1.165, 1.54) is 6.07 Å². The summed E-state index contributed by atoms with van der Waals surface area (Å²) in [7, 11) is 0. The minimum absolute atomic E-state index is 0.0148. The van der Waals surface area contributed by atoms with Crippen LogP contribution in [0, 0.1) is 37.8 Å². The SMILES string of the molecule is Cc1c(C)c(C(=O)c2ccccc2)c(C)c(C)c1Nc1ccccc1[N+](=O)[O-]. The molecule has 5 heteroatoms. The summed E-state index contributed by atoms with van der Waals surface area (Å²) in [6.07, 6.45) is 0. The van der Waals surface area contributed by atoms with E-state index in [1.807, 2.05) is 58.0 Å². The maximum Gasteiger partial charge on any atom is 0.292 e. The normalized spacial score (nSPS) is 10.6. The highest BCUT2D eigenvalue weighted by molar-refractivity contribution is 6.11. The van der Waals surface area contributed by atoms with Crippen LogP contribution in [0.3, 0.4) is 0 Å². The third-order valence-electron chi connectivity index (χ3n) is 5.25. The Bertz CT molecular complexity index is 1040. The van der Waals surface area contributed by atoms with Crippen molar-refractivity contribution in [3.05, 3.63) is 98.1 Å². The van der Waals surface area contributed by atoms with Crippen molar-refractivity contribution in [2.75, 3.05) is 5.32 Å². The second-order valence-corrected chi connectivity index (χ2v) is 6.84. The number of carbonyl (C=O) groups is 1. The van der Waals surface area contributed by atoms with E-state index in [-0.39, 0.29) is 11.5 Å². The van der Waals surface area contributed by atoms with Crippen molar-refractivity contribution in [3.8, 4) is 0 Å². The lowest BCUT2D eigenvalue weighted by Crippen LogP contribution is -2.11. The number of carbonyl (C=O) groups excluding carboxylic acids is 1. The van der Waals surface area contributed by atoms with Gasteiger partial charge in [-0.05, 0) is 56.0 Å². The number of rotatable bonds is 5. The van der Waals surface area contributed by atoms with Gasteiger partial charge in [-0.2, -0.15) is 0 Å². The van der Waals surface area contributed by atoms with Crippen LogP contribution in [0.4, 0.5) is 17.1 Å². The Labute approximate surface area is 164 Å². The van der Waals surface area contributed by atoms with Crippen LogP contribution < -0.4 is 5.32 Å². The van der Waals surface area contributed by atoms with Gasteiger partial charge in [-0.15, -0.1) is 0 Å². The molecule has 0 aliphatic carbocycles. The molecular weight excluding hydrogens is 352 g/mol. The zero-order valence-electron chi connectivity index (χ0n) is 16.4. The summed E-state index contributed by atoms with van der Waals surface area (Å²) in [4.78, 5) is 24.0. The van der Waals surface area contributed by atoms with Crippen LogP contribution in [0.5, 0.6) is 0 Å². The third-order valence-corrected chi connectivity index (χ3v) is 5.25. The number of hydrogen-bond donors (Lipinski definition) is 1. The Balaban J connectivity index is 2.12. The van der Waals surface area contributed by atoms with Crippen molar-refractivity contribution in [1.29, 1.82) is 0 Å². The monoisotopic (exact) mass is 374 g/mol. The summed E-state index contributed by atoms with van der Waals surface area (Å²) in [6, 6.07) is 15.8. The van der Waals surface area contributed by atoms with Crippen molar-refractivity contribution in [1.82, 2.24) is 0 Å². The Morgan fingerprint density at radius 3 is 1.93 bits per heavy atom. The van der Waals surface area contributed by atoms with Gasteiger partial charge in [0.05, 0.1) is 4.92 Å². The first-order chi connectivity index (χ1) is 13.3. The van der Waals surface area contributed by atoms with Gasteiger partial charge in [0.25, 0.3) is 5.69 Å². The Kier molecular flexibility index (Phi) is 5.27. The van der Waals surface area contributed by atoms with Crippen molar-refractivity contribution in [2.24, 2.45) is 0 Å². The molecule has 28 heavy (non-hydrogen) atoms. The fourth-order valence-corrected chi connectivity index (χ4v) is 3.45. The molecule has 0 aliphatic rings. The molecule has 0 radical (unpaired) electrons. The van der Waals surface area contributed by atoms with Crippen molar-refractivity contribution in [3.63, 3.8) is 0 Å². The minimum Gasteiger partial charge on any atom is -0.349 e. The summed E-state index contributed by atoms with van der Waals surface area (Å²) in [6.45, 7) is 7.70. The van der Waals surface area contributed by atoms with Crippen LogP contribution in [0.2, 0.25) is 0 Å². The molecule has 0 amide bonds. The van der Waals surface area contributed by atoms with Crippen LogP contribution in [0.25, 0.3) is 0 Å². The van der Waals surface area contributed by atoms with E-state index < -0.39 is 4.92 Å². The average molecular weight is 374 g/mol. The standard InChI is InChI=1S/C23H22N2O3/c1-14-16(3)22(24-19-12-8-9-13-20(19)25(27)28)17(4)15(2)21(14)23(26)18-10-6-5-7-11-18/h5-13,24H,1-4H3. The van der Waals surface area contributed by atoms with Gasteiger partial charge in [0, 0.05) is 22.9 Å². The third kappa shape index (κ3) is 3.39. The molecule has 3 aromatic rings. The number of para-hydroxylation sites is 2. The van der Waals surface area contributed by atoms with E-state index in [2.05, 4.69) is 5.32 Å². The summed E-state index contributed by atoms with van der Waals surface area (Å²) >= 11 is 0. The van der Waals surface area contributed by atoms with Gasteiger partial charge in [0.2, 0.25) is 0 Å². The molecule has 0 heterocycles. The lowest BCUT2D eigenvalue weighted by atomic mass is 9.87. The highest BCUT2D eigenvalue weighted by Crippen LogP contribution is 2.36. The molecule has 3 aromatic carbocycles. The quantitative estimate of drug-likeness (QED) is 0.348. The van der Waals surface area contributed by atoms with Gasteiger partial charge in [0.1, 0.15) is 5.69 Å². The largest absolute Gasteiger partial charge is 0.349 e. The van der Waals surface area contributed by atoms with Crippen LogP contribution in [-0.2, 0) is 0 Å². The van der Waals surface area contributed by atoms with Crippen molar-refractivity contribution >= 4 is 22.8 Å². The second kappa shape index (κ2) is 7.64. The molecule has 3 rings (SSSR count). The predicted molar refractivity (Wildman–Crippen MR) is 112 cm³/mol. The first-order valence-electron chi connectivity index (χ1n) is 9.03. The smallest absolute Gasteiger partial charge is 0.292 e. The van der Waals surface area contributed by atoms with Crippen LogP contribution in [-0.4, -0.2) is 10.7 Å². The van der Waals surface area contributed by atoms with Crippen LogP contribution in [0.15, 0.2) is 54.6 Å². The second-order valence-electron chi connectivity index (χ2n) is 6.84. The highest BCUT2D eigenvalue weighted by atomic mass is 16.6. The minimum atomic E-state index is -0.403. The number of nitrogens with zero attached hydrogens (tertiary/aromatic N) is 1. The molecule has 0 spiro atoms. The molecule has 0 unspecified atom stereocenters. The zero-order chi connectivity index (χ0) is 20.4. The number of hydrogen-bond acceptors (Lipinski definition) is 4. The van der Waals surface area contributed by atoms with Crippen LogP contribution >= 0.6 is 0 Å². The van der Waals surface area contributed by atoms with Crippen LogP contribution in [0.1, 0.15) is 38.2 Å². The molecular formula is C23H22N2O3. The fourth-order valence-electron chi connectivity index (χ4n) is 3.45. The molecule has 142 valence electrons. The molecule has 0 saturated heterocycles. The number of ketones is 1.